The molecule has 0 unspecified atom stereocenters. The summed E-state index contributed by atoms with van der Waals surface area (Å²) >= 11 is 0. The van der Waals surface area contributed by atoms with Gasteiger partial charge in [-0.05, 0) is 123 Å². The number of anilines is 1. The Morgan fingerprint density at radius 1 is 0.849 bits per heavy atom. The van der Waals surface area contributed by atoms with Crippen LogP contribution in [0.15, 0.2) is 76.5 Å². The second-order valence-corrected chi connectivity index (χ2v) is 24.8. The van der Waals surface area contributed by atoms with E-state index in [2.05, 4.69) is 30.3 Å². The van der Waals surface area contributed by atoms with E-state index >= 15 is 0 Å². The number of nitrogens with two attached hydrogens (primary N) is 1. The summed E-state index contributed by atoms with van der Waals surface area (Å²) in [7, 11) is -4.73. The van der Waals surface area contributed by atoms with Crippen molar-refractivity contribution >= 4 is 68.0 Å². The molecule has 464 valence electrons. The fraction of sp³-hybridized carbons (Fsp3) is 0.500. The molecule has 2 aromatic carbocycles. The highest BCUT2D eigenvalue weighted by molar-refractivity contribution is 7.87. The van der Waals surface area contributed by atoms with Crippen LogP contribution in [0.4, 0.5) is 10.6 Å². The van der Waals surface area contributed by atoms with Crippen LogP contribution in [-0.2, 0) is 53.0 Å². The average molecular weight is 1220 g/mol. The molecule has 2 saturated heterocycles. The van der Waals surface area contributed by atoms with Gasteiger partial charge in [0.15, 0.2) is 28.9 Å². The third-order valence-electron chi connectivity index (χ3n) is 13.6. The molecule has 0 saturated carbocycles. The number of aromatic hydroxyl groups is 1. The first-order chi connectivity index (χ1) is 40.6. The number of carbonyl (C=O) groups excluding carboxylic acids is 4. The highest BCUT2D eigenvalue weighted by Crippen LogP contribution is 2.45. The molecule has 5 heterocycles. The normalized spacial score (nSPS) is 18.1. The summed E-state index contributed by atoms with van der Waals surface area (Å²) in [5, 5.41) is 26.0. The fourth-order valence-corrected chi connectivity index (χ4v) is 11.2. The van der Waals surface area contributed by atoms with Crippen LogP contribution < -0.4 is 26.5 Å². The Balaban J connectivity index is 0.850. The second-order valence-electron chi connectivity index (χ2n) is 23.1. The lowest BCUT2D eigenvalue weighted by molar-refractivity contribution is -0.196. The van der Waals surface area contributed by atoms with Crippen LogP contribution in [0.3, 0.4) is 0 Å². The van der Waals surface area contributed by atoms with Crippen LogP contribution in [0.5, 0.6) is 5.75 Å². The number of unbranched alkanes of at least 4 members (excludes halogenated alkanes) is 3. The van der Waals surface area contributed by atoms with E-state index in [1.165, 1.54) is 61.2 Å². The predicted molar refractivity (Wildman–Crippen MR) is 310 cm³/mol. The minimum absolute atomic E-state index is 0.0943. The number of esters is 1. The Morgan fingerprint density at radius 3 is 2.30 bits per heavy atom. The topological polar surface area (TPSA) is 364 Å². The van der Waals surface area contributed by atoms with Gasteiger partial charge in [-0.2, -0.15) is 12.7 Å². The molecule has 0 spiro atoms. The highest BCUT2D eigenvalue weighted by atomic mass is 32.2. The van der Waals surface area contributed by atoms with Crippen molar-refractivity contribution in [2.24, 2.45) is 0 Å². The number of hydrogen-bond acceptors (Lipinski definition) is 21. The van der Waals surface area contributed by atoms with Crippen LogP contribution in [0.2, 0.25) is 0 Å². The second kappa shape index (κ2) is 26.8. The van der Waals surface area contributed by atoms with Crippen molar-refractivity contribution in [1.82, 2.24) is 39.2 Å². The number of aromatic carboxylic acids is 1. The minimum Gasteiger partial charge on any atom is -0.508 e. The van der Waals surface area contributed by atoms with E-state index in [0.29, 0.717) is 60.0 Å². The molecule has 3 aliphatic heterocycles. The van der Waals surface area contributed by atoms with Gasteiger partial charge in [0.1, 0.15) is 64.5 Å². The van der Waals surface area contributed by atoms with Gasteiger partial charge in [0, 0.05) is 66.9 Å². The lowest BCUT2D eigenvalue weighted by atomic mass is 9.89. The molecule has 0 bridgehead atoms. The maximum absolute atomic E-state index is 14.5. The molecule has 2 fully saturated rings. The van der Waals surface area contributed by atoms with Gasteiger partial charge < -0.3 is 64.2 Å². The molecular weight excluding hydrogens is 1140 g/mol. The lowest BCUT2D eigenvalue weighted by Gasteiger charge is -2.29. The van der Waals surface area contributed by atoms with Gasteiger partial charge in [-0.1, -0.05) is 12.8 Å². The van der Waals surface area contributed by atoms with Crippen LogP contribution in [-0.4, -0.2) is 160 Å². The molecule has 8 rings (SSSR count). The van der Waals surface area contributed by atoms with E-state index in [9.17, 15) is 47.4 Å². The Labute approximate surface area is 495 Å². The van der Waals surface area contributed by atoms with Crippen molar-refractivity contribution in [2.75, 3.05) is 51.8 Å². The monoisotopic (exact) mass is 1220 g/mol. The first-order valence-corrected chi connectivity index (χ1v) is 29.5. The first-order valence-electron chi connectivity index (χ1n) is 28.0. The van der Waals surface area contributed by atoms with Gasteiger partial charge in [0.25, 0.3) is 11.8 Å². The standard InChI is InChI=1S/C58H73N9O18S/c1-56(2,3)82-44(70)20-19-40(64-55(75)85-57(4,5)6)52(72)65-86(76,77)66(30-43-47-48(84-58(7,8)83-47)53(81-43)67-32-63-46-49(59)61-31-62-50(46)67)22-11-9-10-12-23-78-25-26-79-24-21-60-51(71)33-13-16-36(54(73)74)39(27-33)45-37-17-14-34(68)28-41(37)80-42-29-35(69)15-18-38(42)45/h13-18,27-29,31-32,40,43,47-48,53,68H,9-12,19-26,30H2,1-8H3,(H,60,71)(H,64,75)(H,65,72)(H,73,74)(H2,59,61,62)/t40-,43+,47+,48+,53+/m0/s1. The zero-order valence-electron chi connectivity index (χ0n) is 49.1. The summed E-state index contributed by atoms with van der Waals surface area (Å²) < 4.78 is 81.2. The summed E-state index contributed by atoms with van der Waals surface area (Å²) in [6.45, 7) is 13.9. The molecule has 27 nitrogen and oxygen atoms in total. The van der Waals surface area contributed by atoms with Gasteiger partial charge >= 0.3 is 28.2 Å². The number of nitrogen functional groups attached to an aromatic ring is 1. The molecule has 1 aliphatic carbocycles. The number of carbonyl (C=O) groups is 5. The van der Waals surface area contributed by atoms with Gasteiger partial charge in [-0.25, -0.2) is 29.3 Å². The summed E-state index contributed by atoms with van der Waals surface area (Å²) in [5.74, 6) is -4.45. The Hall–Kier alpha value is -7.86. The number of nitrogens with zero attached hydrogens (tertiary/aromatic N) is 5. The number of benzene rings is 3. The third-order valence-corrected chi connectivity index (χ3v) is 15.1. The Morgan fingerprint density at radius 2 is 1.57 bits per heavy atom. The summed E-state index contributed by atoms with van der Waals surface area (Å²) in [6, 6.07) is 11.1. The van der Waals surface area contributed by atoms with Gasteiger partial charge in [0.2, 0.25) is 0 Å². The SMILES string of the molecule is CC(C)(C)OC(=O)CC[C@H](NC(=O)OC(C)(C)C)C(=O)NS(=O)(=O)N(CCCCCCOCCOCCNC(=O)c1ccc(C(=O)O)c(-c2c3ccc(=O)cc-3oc3cc(O)ccc23)c1)C[C@H]1O[C@@H](n2cnc3c(N)ncnc32)[C@@H]2OC(C)(C)O[C@@H]21. The van der Waals surface area contributed by atoms with E-state index in [-0.39, 0.29) is 97.3 Å². The van der Waals surface area contributed by atoms with E-state index in [1.807, 2.05) is 0 Å². The smallest absolute Gasteiger partial charge is 0.408 e. The Bertz CT molecular complexity index is 3600. The molecule has 28 heteroatoms. The zero-order chi connectivity index (χ0) is 62.3. The van der Waals surface area contributed by atoms with Gasteiger partial charge in [-0.15, -0.1) is 0 Å². The number of hydrogen-bond donors (Lipinski definition) is 6. The molecule has 7 N–H and O–H groups in total. The molecule has 0 radical (unpaired) electrons. The van der Waals surface area contributed by atoms with Crippen molar-refractivity contribution in [1.29, 1.82) is 0 Å². The van der Waals surface area contributed by atoms with E-state index in [4.69, 9.17) is 43.3 Å². The van der Waals surface area contributed by atoms with Crippen molar-refractivity contribution in [3.8, 4) is 28.2 Å². The van der Waals surface area contributed by atoms with Crippen LogP contribution in [0.25, 0.3) is 44.6 Å². The molecule has 86 heavy (non-hydrogen) atoms. The first kappa shape index (κ1) is 64.1. The van der Waals surface area contributed by atoms with E-state index in [1.54, 1.807) is 66.0 Å². The molecular formula is C58H73N9O18S. The largest absolute Gasteiger partial charge is 0.508 e. The predicted octanol–water partition coefficient (Wildman–Crippen LogP) is 5.81. The van der Waals surface area contributed by atoms with Crippen LogP contribution >= 0.6 is 0 Å². The van der Waals surface area contributed by atoms with E-state index in [0.717, 1.165) is 4.31 Å². The number of phenols is 1. The van der Waals surface area contributed by atoms with Crippen molar-refractivity contribution in [3.63, 3.8) is 0 Å². The number of carboxylic acids is 1. The maximum Gasteiger partial charge on any atom is 0.408 e. The molecule has 3 amide bonds. The number of amides is 3. The fourth-order valence-electron chi connectivity index (χ4n) is 9.97. The number of imidazole rings is 1. The maximum atomic E-state index is 14.5. The molecule has 5 atom stereocenters. The highest BCUT2D eigenvalue weighted by Gasteiger charge is 2.57. The number of aromatic nitrogens is 4. The minimum atomic E-state index is -4.73. The summed E-state index contributed by atoms with van der Waals surface area (Å²) in [4.78, 5) is 90.7. The van der Waals surface area contributed by atoms with Gasteiger partial charge in [0.05, 0.1) is 31.7 Å². The van der Waals surface area contributed by atoms with Crippen molar-refractivity contribution < 1.29 is 80.2 Å². The number of carboxylic acid groups (broad SMARTS) is 1. The molecule has 4 aromatic rings. The number of fused-ring (bicyclic) bond motifs is 4. The number of nitrogens with one attached hydrogen (secondary N) is 3. The van der Waals surface area contributed by atoms with Crippen molar-refractivity contribution in [3.05, 3.63) is 88.6 Å². The number of rotatable bonds is 26. The lowest BCUT2D eigenvalue weighted by Crippen LogP contribution is -2.54. The summed E-state index contributed by atoms with van der Waals surface area (Å²) in [6.07, 6.45) is -0.292. The van der Waals surface area contributed by atoms with Gasteiger partial charge in [-0.3, -0.25) is 23.7 Å². The number of phenolic OH excluding ortho intramolecular Hbond substituents is 1. The number of alkyl carbamates (subject to hydrolysis) is 1. The third kappa shape index (κ3) is 16.4. The van der Waals surface area contributed by atoms with Crippen molar-refractivity contribution in [2.45, 2.75) is 141 Å². The number of ether oxygens (including phenoxy) is 7. The molecule has 4 aliphatic rings. The molecule has 2 aromatic heterocycles. The quantitative estimate of drug-likeness (QED) is 0.0212. The van der Waals surface area contributed by atoms with Crippen LogP contribution in [0.1, 0.15) is 121 Å². The zero-order valence-corrected chi connectivity index (χ0v) is 49.9. The van der Waals surface area contributed by atoms with E-state index < -0.39 is 87.6 Å². The van der Waals surface area contributed by atoms with Crippen LogP contribution in [0, 0.1) is 0 Å². The summed E-state index contributed by atoms with van der Waals surface area (Å²) in [5.41, 5.74) is 5.89. The Kier molecular flexibility index (Phi) is 20.0. The average Bonchev–Trinajstić information content (AvgIpc) is 1.38.